The Bertz CT molecular complexity index is 1180. The second kappa shape index (κ2) is 11.0. The molecule has 0 spiro atoms. The molecule has 1 N–H and O–H groups in total. The smallest absolute Gasteiger partial charge is 0.260 e. The van der Waals surface area contributed by atoms with E-state index in [1.807, 2.05) is 54.6 Å². The summed E-state index contributed by atoms with van der Waals surface area (Å²) >= 11 is 0. The van der Waals surface area contributed by atoms with Gasteiger partial charge in [0, 0.05) is 20.1 Å². The number of amides is 1. The van der Waals surface area contributed by atoms with Gasteiger partial charge in [-0.25, -0.2) is 13.1 Å². The summed E-state index contributed by atoms with van der Waals surface area (Å²) in [6.45, 7) is 2.24. The Morgan fingerprint density at radius 3 is 2.30 bits per heavy atom. The third kappa shape index (κ3) is 6.81. The quantitative estimate of drug-likeness (QED) is 0.492. The first kappa shape index (κ1) is 24.3. The number of aryl methyl sites for hydroxylation is 1. The molecule has 0 fully saturated rings. The van der Waals surface area contributed by atoms with Crippen LogP contribution in [0.15, 0.2) is 77.7 Å². The third-order valence-electron chi connectivity index (χ3n) is 5.12. The van der Waals surface area contributed by atoms with Gasteiger partial charge in [-0.05, 0) is 53.9 Å². The predicted octanol–water partition coefficient (Wildman–Crippen LogP) is 3.52. The van der Waals surface area contributed by atoms with E-state index in [9.17, 15) is 13.2 Å². The Labute approximate surface area is 195 Å². The highest BCUT2D eigenvalue weighted by Crippen LogP contribution is 2.22. The SMILES string of the molecule is COc1ccc(CN(C)C(=O)COc2ccc(S(=O)(=O)NCc3ccccc3)cc2C)cc1. The van der Waals surface area contributed by atoms with Gasteiger partial charge in [0.15, 0.2) is 6.61 Å². The minimum Gasteiger partial charge on any atom is -0.497 e. The lowest BCUT2D eigenvalue weighted by atomic mass is 10.2. The number of ether oxygens (including phenoxy) is 2. The topological polar surface area (TPSA) is 84.9 Å². The summed E-state index contributed by atoms with van der Waals surface area (Å²) in [6.07, 6.45) is 0. The number of rotatable bonds is 10. The number of carbonyl (C=O) groups is 1. The van der Waals surface area contributed by atoms with Crippen LogP contribution in [0, 0.1) is 6.92 Å². The molecule has 0 unspecified atom stereocenters. The molecule has 0 saturated carbocycles. The average Bonchev–Trinajstić information content (AvgIpc) is 2.83. The maximum Gasteiger partial charge on any atom is 0.260 e. The van der Waals surface area contributed by atoms with Gasteiger partial charge in [-0.3, -0.25) is 4.79 Å². The van der Waals surface area contributed by atoms with Crippen LogP contribution < -0.4 is 14.2 Å². The number of likely N-dealkylation sites (N-methyl/N-ethyl adjacent to an activating group) is 1. The molecule has 3 rings (SSSR count). The van der Waals surface area contributed by atoms with E-state index in [0.717, 1.165) is 16.9 Å². The number of sulfonamides is 1. The summed E-state index contributed by atoms with van der Waals surface area (Å²) in [5.41, 5.74) is 2.47. The summed E-state index contributed by atoms with van der Waals surface area (Å²) in [5, 5.41) is 0. The van der Waals surface area contributed by atoms with Crippen molar-refractivity contribution in [3.8, 4) is 11.5 Å². The Morgan fingerprint density at radius 2 is 1.67 bits per heavy atom. The van der Waals surface area contributed by atoms with E-state index in [1.54, 1.807) is 32.0 Å². The normalized spacial score (nSPS) is 11.1. The van der Waals surface area contributed by atoms with Crippen molar-refractivity contribution in [2.24, 2.45) is 0 Å². The zero-order valence-corrected chi connectivity index (χ0v) is 19.8. The number of nitrogens with zero attached hydrogens (tertiary/aromatic N) is 1. The van der Waals surface area contributed by atoms with E-state index in [2.05, 4.69) is 4.72 Å². The van der Waals surface area contributed by atoms with Crippen LogP contribution in [0.4, 0.5) is 0 Å². The molecule has 1 amide bonds. The van der Waals surface area contributed by atoms with Gasteiger partial charge in [0.05, 0.1) is 12.0 Å². The van der Waals surface area contributed by atoms with Gasteiger partial charge in [0.1, 0.15) is 11.5 Å². The van der Waals surface area contributed by atoms with Crippen LogP contribution in [0.3, 0.4) is 0 Å². The molecule has 7 nitrogen and oxygen atoms in total. The maximum atomic E-state index is 12.6. The molecule has 174 valence electrons. The van der Waals surface area contributed by atoms with Crippen LogP contribution in [-0.4, -0.2) is 40.0 Å². The summed E-state index contributed by atoms with van der Waals surface area (Å²) in [4.78, 5) is 14.2. The molecule has 0 aliphatic carbocycles. The van der Waals surface area contributed by atoms with E-state index >= 15 is 0 Å². The van der Waals surface area contributed by atoms with E-state index in [4.69, 9.17) is 9.47 Å². The first-order chi connectivity index (χ1) is 15.8. The fourth-order valence-electron chi connectivity index (χ4n) is 3.15. The van der Waals surface area contributed by atoms with Crippen molar-refractivity contribution in [1.29, 1.82) is 0 Å². The molecule has 33 heavy (non-hydrogen) atoms. The lowest BCUT2D eigenvalue weighted by Crippen LogP contribution is -2.31. The Morgan fingerprint density at radius 1 is 0.970 bits per heavy atom. The number of methoxy groups -OCH3 is 1. The van der Waals surface area contributed by atoms with Crippen LogP contribution in [0.2, 0.25) is 0 Å². The highest BCUT2D eigenvalue weighted by Gasteiger charge is 2.16. The molecule has 0 aromatic heterocycles. The van der Waals surface area contributed by atoms with Gasteiger partial charge in [-0.1, -0.05) is 42.5 Å². The number of benzene rings is 3. The van der Waals surface area contributed by atoms with Crippen LogP contribution in [0.1, 0.15) is 16.7 Å². The highest BCUT2D eigenvalue weighted by molar-refractivity contribution is 7.89. The monoisotopic (exact) mass is 468 g/mol. The van der Waals surface area contributed by atoms with Crippen LogP contribution >= 0.6 is 0 Å². The molecule has 0 aliphatic rings. The molecule has 0 heterocycles. The third-order valence-corrected chi connectivity index (χ3v) is 6.52. The van der Waals surface area contributed by atoms with Crippen molar-refractivity contribution in [2.75, 3.05) is 20.8 Å². The van der Waals surface area contributed by atoms with Gasteiger partial charge in [-0.2, -0.15) is 0 Å². The summed E-state index contributed by atoms with van der Waals surface area (Å²) in [5.74, 6) is 1.03. The van der Waals surface area contributed by atoms with E-state index in [1.165, 1.54) is 12.1 Å². The number of nitrogens with one attached hydrogen (secondary N) is 1. The molecular formula is C25H28N2O5S. The number of carbonyl (C=O) groups excluding carboxylic acids is 1. The van der Waals surface area contributed by atoms with Gasteiger partial charge in [0.2, 0.25) is 10.0 Å². The van der Waals surface area contributed by atoms with Crippen molar-refractivity contribution in [3.05, 3.63) is 89.5 Å². The maximum absolute atomic E-state index is 12.6. The molecule has 0 atom stereocenters. The van der Waals surface area contributed by atoms with Crippen molar-refractivity contribution < 1.29 is 22.7 Å². The zero-order valence-electron chi connectivity index (χ0n) is 18.9. The fourth-order valence-corrected chi connectivity index (χ4v) is 4.25. The second-order valence-corrected chi connectivity index (χ2v) is 9.39. The lowest BCUT2D eigenvalue weighted by Gasteiger charge is -2.18. The minimum atomic E-state index is -3.67. The van der Waals surface area contributed by atoms with Crippen molar-refractivity contribution >= 4 is 15.9 Å². The summed E-state index contributed by atoms with van der Waals surface area (Å²) in [6, 6.07) is 21.4. The molecule has 8 heteroatoms. The van der Waals surface area contributed by atoms with Crippen molar-refractivity contribution in [2.45, 2.75) is 24.9 Å². The molecule has 0 radical (unpaired) electrons. The molecular weight excluding hydrogens is 440 g/mol. The van der Waals surface area contributed by atoms with Crippen LogP contribution in [0.25, 0.3) is 0 Å². The van der Waals surface area contributed by atoms with Gasteiger partial charge in [-0.15, -0.1) is 0 Å². The molecule has 0 aliphatic heterocycles. The Hall–Kier alpha value is -3.36. The standard InChI is InChI=1S/C25H28N2O5S/c1-19-15-23(33(29,30)26-16-20-7-5-4-6-8-20)13-14-24(19)32-18-25(28)27(2)17-21-9-11-22(31-3)12-10-21/h4-15,26H,16-18H2,1-3H3. The minimum absolute atomic E-state index is 0.145. The first-order valence-corrected chi connectivity index (χ1v) is 11.9. The van der Waals surface area contributed by atoms with Gasteiger partial charge < -0.3 is 14.4 Å². The molecule has 0 bridgehead atoms. The first-order valence-electron chi connectivity index (χ1n) is 10.4. The number of hydrogen-bond donors (Lipinski definition) is 1. The molecule has 3 aromatic rings. The highest BCUT2D eigenvalue weighted by atomic mass is 32.2. The Kier molecular flexibility index (Phi) is 8.08. The second-order valence-electron chi connectivity index (χ2n) is 7.62. The van der Waals surface area contributed by atoms with Gasteiger partial charge in [0.25, 0.3) is 5.91 Å². The average molecular weight is 469 g/mol. The fraction of sp³-hybridized carbons (Fsp3) is 0.240. The van der Waals surface area contributed by atoms with Gasteiger partial charge >= 0.3 is 0 Å². The lowest BCUT2D eigenvalue weighted by molar-refractivity contribution is -0.132. The summed E-state index contributed by atoms with van der Waals surface area (Å²) in [7, 11) is -0.362. The Balaban J connectivity index is 1.56. The largest absolute Gasteiger partial charge is 0.497 e. The zero-order chi connectivity index (χ0) is 23.8. The summed E-state index contributed by atoms with van der Waals surface area (Å²) < 4.78 is 38.6. The molecule has 3 aromatic carbocycles. The predicted molar refractivity (Wildman–Crippen MR) is 127 cm³/mol. The van der Waals surface area contributed by atoms with Crippen molar-refractivity contribution in [1.82, 2.24) is 9.62 Å². The van der Waals surface area contributed by atoms with Crippen LogP contribution in [-0.2, 0) is 27.9 Å². The van der Waals surface area contributed by atoms with E-state index < -0.39 is 10.0 Å². The van der Waals surface area contributed by atoms with Crippen molar-refractivity contribution in [3.63, 3.8) is 0 Å². The van der Waals surface area contributed by atoms with E-state index in [0.29, 0.717) is 17.9 Å². The molecule has 0 saturated heterocycles. The van der Waals surface area contributed by atoms with E-state index in [-0.39, 0.29) is 24.0 Å². The van der Waals surface area contributed by atoms with Crippen LogP contribution in [0.5, 0.6) is 11.5 Å². The number of hydrogen-bond acceptors (Lipinski definition) is 5.